The summed E-state index contributed by atoms with van der Waals surface area (Å²) in [6.07, 6.45) is 1.82. The second-order valence-corrected chi connectivity index (χ2v) is 9.89. The summed E-state index contributed by atoms with van der Waals surface area (Å²) in [5, 5.41) is 15.5. The van der Waals surface area contributed by atoms with Crippen LogP contribution in [0.15, 0.2) is 48.7 Å². The number of aromatic hydroxyl groups is 1. The first-order valence-electron chi connectivity index (χ1n) is 11.9. The van der Waals surface area contributed by atoms with Gasteiger partial charge in [0, 0.05) is 48.8 Å². The van der Waals surface area contributed by atoms with E-state index in [1.165, 1.54) is 0 Å². The molecule has 0 aliphatic carbocycles. The molecule has 7 nitrogen and oxygen atoms in total. The maximum Gasteiger partial charge on any atom is 0.170 e. The summed E-state index contributed by atoms with van der Waals surface area (Å²) in [5.74, 6) is 0.188. The Morgan fingerprint density at radius 2 is 1.94 bits per heavy atom. The quantitative estimate of drug-likeness (QED) is 0.482. The average Bonchev–Trinajstić information content (AvgIpc) is 3.35. The van der Waals surface area contributed by atoms with Gasteiger partial charge >= 0.3 is 0 Å². The molecule has 2 fully saturated rings. The molecule has 184 valence electrons. The normalized spacial score (nSPS) is 20.9. The Kier molecular flexibility index (Phi) is 6.98. The van der Waals surface area contributed by atoms with Gasteiger partial charge in [-0.1, -0.05) is 17.7 Å². The van der Waals surface area contributed by atoms with Crippen LogP contribution in [0.1, 0.15) is 34.7 Å². The van der Waals surface area contributed by atoms with Crippen molar-refractivity contribution in [2.24, 2.45) is 0 Å². The van der Waals surface area contributed by atoms with Gasteiger partial charge in [-0.05, 0) is 68.0 Å². The summed E-state index contributed by atoms with van der Waals surface area (Å²) in [6.45, 7) is 9.25. The highest BCUT2D eigenvalue weighted by Gasteiger charge is 2.41. The minimum absolute atomic E-state index is 0.0419. The largest absolute Gasteiger partial charge is 0.506 e. The van der Waals surface area contributed by atoms with E-state index in [9.17, 15) is 5.11 Å². The lowest BCUT2D eigenvalue weighted by Gasteiger charge is -2.32. The smallest absolute Gasteiger partial charge is 0.170 e. The molecule has 0 radical (unpaired) electrons. The number of thiocarbonyl (C=S) groups is 1. The first-order valence-corrected chi connectivity index (χ1v) is 12.7. The van der Waals surface area contributed by atoms with Gasteiger partial charge in [0.25, 0.3) is 0 Å². The lowest BCUT2D eigenvalue weighted by atomic mass is 9.96. The van der Waals surface area contributed by atoms with Crippen molar-refractivity contribution in [3.05, 3.63) is 76.3 Å². The second kappa shape index (κ2) is 10.1. The van der Waals surface area contributed by atoms with Gasteiger partial charge in [0.05, 0.1) is 36.7 Å². The van der Waals surface area contributed by atoms with Gasteiger partial charge in [0.1, 0.15) is 5.75 Å². The number of aromatic nitrogens is 2. The number of phenols is 1. The Bertz CT molecular complexity index is 1210. The van der Waals surface area contributed by atoms with Gasteiger partial charge in [-0.15, -0.1) is 0 Å². The number of morpholine rings is 1. The van der Waals surface area contributed by atoms with Crippen molar-refractivity contribution in [3.8, 4) is 11.4 Å². The number of benzene rings is 1. The number of phenolic OH excluding ortho intramolecular Hbond substituents is 1. The highest BCUT2D eigenvalue weighted by Crippen LogP contribution is 2.42. The molecule has 0 bridgehead atoms. The van der Waals surface area contributed by atoms with Crippen LogP contribution >= 0.6 is 23.8 Å². The number of ether oxygens (including phenoxy) is 1. The minimum Gasteiger partial charge on any atom is -0.506 e. The van der Waals surface area contributed by atoms with Crippen molar-refractivity contribution in [1.29, 1.82) is 0 Å². The molecule has 2 atom stereocenters. The predicted octanol–water partition coefficient (Wildman–Crippen LogP) is 4.15. The van der Waals surface area contributed by atoms with Crippen LogP contribution in [0.5, 0.6) is 5.75 Å². The van der Waals surface area contributed by atoms with Crippen molar-refractivity contribution in [2.45, 2.75) is 25.9 Å². The summed E-state index contributed by atoms with van der Waals surface area (Å²) >= 11 is 12.1. The Labute approximate surface area is 216 Å². The fourth-order valence-electron chi connectivity index (χ4n) is 5.19. The van der Waals surface area contributed by atoms with E-state index in [1.807, 2.05) is 31.3 Å². The molecule has 2 saturated heterocycles. The maximum atomic E-state index is 10.6. The van der Waals surface area contributed by atoms with E-state index in [0.717, 1.165) is 67.2 Å². The molecule has 0 amide bonds. The van der Waals surface area contributed by atoms with Crippen LogP contribution in [0.4, 0.5) is 0 Å². The van der Waals surface area contributed by atoms with E-state index in [2.05, 4.69) is 37.7 Å². The Morgan fingerprint density at radius 3 is 2.69 bits per heavy atom. The van der Waals surface area contributed by atoms with Gasteiger partial charge in [0.15, 0.2) is 5.11 Å². The lowest BCUT2D eigenvalue weighted by molar-refractivity contribution is 0.0350. The Balaban J connectivity index is 1.55. The zero-order valence-electron chi connectivity index (χ0n) is 19.9. The summed E-state index contributed by atoms with van der Waals surface area (Å²) < 4.78 is 7.58. The van der Waals surface area contributed by atoms with Crippen LogP contribution in [-0.2, 0) is 4.74 Å². The number of aryl methyl sites for hydroxylation is 1. The molecule has 2 aromatic heterocycles. The van der Waals surface area contributed by atoms with Crippen molar-refractivity contribution in [1.82, 2.24) is 24.7 Å². The van der Waals surface area contributed by atoms with Crippen LogP contribution < -0.4 is 5.32 Å². The van der Waals surface area contributed by atoms with Crippen molar-refractivity contribution >= 4 is 28.9 Å². The number of nitrogens with zero attached hydrogens (tertiary/aromatic N) is 4. The average molecular weight is 512 g/mol. The zero-order chi connectivity index (χ0) is 24.5. The monoisotopic (exact) mass is 511 g/mol. The highest BCUT2D eigenvalue weighted by atomic mass is 35.5. The third-order valence-electron chi connectivity index (χ3n) is 6.93. The molecule has 0 unspecified atom stereocenters. The van der Waals surface area contributed by atoms with Crippen LogP contribution in [0.3, 0.4) is 0 Å². The molecular formula is C26H30ClN5O2S. The number of halogens is 1. The fourth-order valence-corrected chi connectivity index (χ4v) is 5.69. The van der Waals surface area contributed by atoms with E-state index < -0.39 is 0 Å². The molecule has 1 aromatic carbocycles. The van der Waals surface area contributed by atoms with E-state index in [1.54, 1.807) is 18.2 Å². The van der Waals surface area contributed by atoms with Gasteiger partial charge < -0.3 is 24.6 Å². The van der Waals surface area contributed by atoms with E-state index >= 15 is 0 Å². The number of hydrogen-bond donors (Lipinski definition) is 2. The van der Waals surface area contributed by atoms with Crippen molar-refractivity contribution in [2.75, 3.05) is 39.4 Å². The third-order valence-corrected chi connectivity index (χ3v) is 7.51. The molecule has 2 N–H and O–H groups in total. The summed E-state index contributed by atoms with van der Waals surface area (Å²) in [7, 11) is 0. The lowest BCUT2D eigenvalue weighted by Crippen LogP contribution is -2.42. The van der Waals surface area contributed by atoms with E-state index in [0.29, 0.717) is 10.7 Å². The predicted molar refractivity (Wildman–Crippen MR) is 141 cm³/mol. The summed E-state index contributed by atoms with van der Waals surface area (Å²) in [5.41, 5.74) is 4.81. The molecular weight excluding hydrogens is 482 g/mol. The molecule has 2 aliphatic rings. The SMILES string of the molecule is Cc1cc([C@H]2[C@@H](c3ccccn3)NC(=S)N2CCN2CCOCC2)c(C)n1-c1cc(Cl)ccc1O. The topological polar surface area (TPSA) is 65.8 Å². The molecule has 5 rings (SSSR count). The summed E-state index contributed by atoms with van der Waals surface area (Å²) in [6, 6.07) is 13.2. The third kappa shape index (κ3) is 4.76. The molecule has 0 saturated carbocycles. The van der Waals surface area contributed by atoms with Crippen molar-refractivity contribution < 1.29 is 9.84 Å². The first-order chi connectivity index (χ1) is 16.9. The van der Waals surface area contributed by atoms with Gasteiger partial charge in [-0.3, -0.25) is 9.88 Å². The zero-order valence-corrected chi connectivity index (χ0v) is 21.5. The first kappa shape index (κ1) is 24.1. The van der Waals surface area contributed by atoms with Crippen LogP contribution in [0.2, 0.25) is 5.02 Å². The molecule has 35 heavy (non-hydrogen) atoms. The van der Waals surface area contributed by atoms with E-state index in [4.69, 9.17) is 28.6 Å². The van der Waals surface area contributed by atoms with Crippen LogP contribution in [0, 0.1) is 13.8 Å². The number of nitrogens with one attached hydrogen (secondary N) is 1. The van der Waals surface area contributed by atoms with Crippen LogP contribution in [0.25, 0.3) is 5.69 Å². The van der Waals surface area contributed by atoms with Crippen molar-refractivity contribution in [3.63, 3.8) is 0 Å². The van der Waals surface area contributed by atoms with Crippen LogP contribution in [-0.4, -0.2) is 69.0 Å². The number of rotatable bonds is 6. The Morgan fingerprint density at radius 1 is 1.14 bits per heavy atom. The maximum absolute atomic E-state index is 10.6. The van der Waals surface area contributed by atoms with Gasteiger partial charge in [-0.25, -0.2) is 0 Å². The second-order valence-electron chi connectivity index (χ2n) is 9.07. The van der Waals surface area contributed by atoms with Gasteiger partial charge in [-0.2, -0.15) is 0 Å². The standard InChI is InChI=1S/C26H30ClN5O2S/c1-17-15-20(18(2)32(17)22-16-19(27)6-7-23(22)33)25-24(21-5-3-4-8-28-21)29-26(35)31(25)10-9-30-11-13-34-14-12-30/h3-8,15-16,24-25,33H,9-14H2,1-2H3,(H,29,35)/t24-,25+/m1/s1. The molecule has 3 aromatic rings. The molecule has 9 heteroatoms. The van der Waals surface area contributed by atoms with E-state index in [-0.39, 0.29) is 17.8 Å². The molecule has 2 aliphatic heterocycles. The highest BCUT2D eigenvalue weighted by molar-refractivity contribution is 7.80. The molecule has 0 spiro atoms. The minimum atomic E-state index is -0.0877. The van der Waals surface area contributed by atoms with Gasteiger partial charge in [0.2, 0.25) is 0 Å². The fraction of sp³-hybridized carbons (Fsp3) is 0.385. The number of pyridine rings is 1. The summed E-state index contributed by atoms with van der Waals surface area (Å²) in [4.78, 5) is 9.37. The molecule has 4 heterocycles. The Hall–Kier alpha value is -2.65. The number of hydrogen-bond acceptors (Lipinski definition) is 5.